The van der Waals surface area contributed by atoms with Gasteiger partial charge in [0.2, 0.25) is 0 Å². The summed E-state index contributed by atoms with van der Waals surface area (Å²) in [7, 11) is 1.69. The zero-order chi connectivity index (χ0) is 20.5. The second-order valence-corrected chi connectivity index (χ2v) is 6.83. The van der Waals surface area contributed by atoms with Crippen LogP contribution in [0.1, 0.15) is 29.2 Å². The van der Waals surface area contributed by atoms with Crippen LogP contribution in [0.25, 0.3) is 0 Å². The van der Waals surface area contributed by atoms with Gasteiger partial charge < -0.3 is 15.4 Å². The first-order valence-electron chi connectivity index (χ1n) is 9.89. The minimum Gasteiger partial charge on any atom is -0.496 e. The van der Waals surface area contributed by atoms with Crippen molar-refractivity contribution in [2.24, 2.45) is 4.99 Å². The molecule has 30 heavy (non-hydrogen) atoms. The van der Waals surface area contributed by atoms with Gasteiger partial charge in [0.1, 0.15) is 5.75 Å². The predicted molar refractivity (Wildman–Crippen MR) is 133 cm³/mol. The van der Waals surface area contributed by atoms with Crippen molar-refractivity contribution < 1.29 is 4.74 Å². The van der Waals surface area contributed by atoms with E-state index in [1.807, 2.05) is 29.9 Å². The maximum atomic E-state index is 5.33. The van der Waals surface area contributed by atoms with E-state index in [0.717, 1.165) is 35.9 Å². The second-order valence-electron chi connectivity index (χ2n) is 6.83. The molecule has 0 bridgehead atoms. The molecule has 0 unspecified atom stereocenters. The molecule has 0 fully saturated rings. The smallest absolute Gasteiger partial charge is 0.191 e. The molecule has 160 valence electrons. The highest BCUT2D eigenvalue weighted by molar-refractivity contribution is 14.0. The van der Waals surface area contributed by atoms with Gasteiger partial charge in [0.15, 0.2) is 5.96 Å². The number of methoxy groups -OCH3 is 1. The molecule has 0 aliphatic carbocycles. The van der Waals surface area contributed by atoms with Crippen LogP contribution in [0.15, 0.2) is 65.9 Å². The van der Waals surface area contributed by atoms with Gasteiger partial charge in [-0.2, -0.15) is 5.10 Å². The van der Waals surface area contributed by atoms with Crippen molar-refractivity contribution >= 4 is 29.9 Å². The number of nitrogens with one attached hydrogen (secondary N) is 2. The second kappa shape index (κ2) is 12.2. The van der Waals surface area contributed by atoms with Gasteiger partial charge in [0, 0.05) is 25.5 Å². The van der Waals surface area contributed by atoms with E-state index in [9.17, 15) is 0 Å². The highest BCUT2D eigenvalue weighted by Gasteiger charge is 2.05. The fraction of sp³-hybridized carbons (Fsp3) is 0.304. The topological polar surface area (TPSA) is 63.5 Å². The Bertz CT molecular complexity index is 941. The van der Waals surface area contributed by atoms with Crippen molar-refractivity contribution in [3.05, 3.63) is 83.2 Å². The van der Waals surface area contributed by atoms with Crippen LogP contribution < -0.4 is 15.4 Å². The molecule has 0 aliphatic heterocycles. The minimum absolute atomic E-state index is 0. The van der Waals surface area contributed by atoms with Crippen LogP contribution >= 0.6 is 24.0 Å². The fourth-order valence-electron chi connectivity index (χ4n) is 3.18. The summed E-state index contributed by atoms with van der Waals surface area (Å²) < 4.78 is 7.27. The molecular weight excluding hydrogens is 489 g/mol. The maximum Gasteiger partial charge on any atom is 0.191 e. The Kier molecular flexibility index (Phi) is 9.66. The average molecular weight is 519 g/mol. The molecule has 0 saturated carbocycles. The number of hydrogen-bond acceptors (Lipinski definition) is 3. The van der Waals surface area contributed by atoms with Gasteiger partial charge in [-0.3, -0.25) is 4.68 Å². The number of rotatable bonds is 8. The first-order chi connectivity index (χ1) is 14.2. The molecule has 6 nitrogen and oxygen atoms in total. The lowest BCUT2D eigenvalue weighted by Crippen LogP contribution is -2.37. The number of aliphatic imine (C=N–C) groups is 1. The SMILES string of the molecule is CCNC(=NCc1ccc(OC)c(C)c1)NCc1ccccc1Cn1cccn1.I. The maximum absolute atomic E-state index is 5.33. The summed E-state index contributed by atoms with van der Waals surface area (Å²) in [6.45, 7) is 6.98. The molecule has 3 rings (SSSR count). The number of aryl methyl sites for hydroxylation is 1. The third kappa shape index (κ3) is 6.76. The zero-order valence-electron chi connectivity index (χ0n) is 17.8. The van der Waals surface area contributed by atoms with Crippen LogP contribution in [0.3, 0.4) is 0 Å². The average Bonchev–Trinajstić information content (AvgIpc) is 3.24. The van der Waals surface area contributed by atoms with E-state index in [0.29, 0.717) is 13.1 Å². The van der Waals surface area contributed by atoms with Crippen LogP contribution in [0.4, 0.5) is 0 Å². The zero-order valence-corrected chi connectivity index (χ0v) is 20.1. The van der Waals surface area contributed by atoms with E-state index in [-0.39, 0.29) is 24.0 Å². The number of hydrogen-bond donors (Lipinski definition) is 2. The van der Waals surface area contributed by atoms with Gasteiger partial charge in [0.25, 0.3) is 0 Å². The Hall–Kier alpha value is -2.55. The summed E-state index contributed by atoms with van der Waals surface area (Å²) >= 11 is 0. The summed E-state index contributed by atoms with van der Waals surface area (Å²) in [6, 6.07) is 16.5. The monoisotopic (exact) mass is 519 g/mol. The largest absolute Gasteiger partial charge is 0.496 e. The lowest BCUT2D eigenvalue weighted by Gasteiger charge is -2.14. The van der Waals surface area contributed by atoms with E-state index < -0.39 is 0 Å². The van der Waals surface area contributed by atoms with Crippen molar-refractivity contribution in [3.8, 4) is 5.75 Å². The molecule has 7 heteroatoms. The van der Waals surface area contributed by atoms with Crippen LogP contribution in [0, 0.1) is 6.92 Å². The first-order valence-corrected chi connectivity index (χ1v) is 9.89. The summed E-state index contributed by atoms with van der Waals surface area (Å²) in [6.07, 6.45) is 3.78. The highest BCUT2D eigenvalue weighted by atomic mass is 127. The van der Waals surface area contributed by atoms with Gasteiger partial charge >= 0.3 is 0 Å². The van der Waals surface area contributed by atoms with Crippen molar-refractivity contribution in [2.45, 2.75) is 33.5 Å². The number of benzene rings is 2. The van der Waals surface area contributed by atoms with Crippen molar-refractivity contribution in [1.29, 1.82) is 0 Å². The predicted octanol–water partition coefficient (Wildman–Crippen LogP) is 4.12. The Morgan fingerprint density at radius 2 is 1.90 bits per heavy atom. The van der Waals surface area contributed by atoms with Gasteiger partial charge in [-0.25, -0.2) is 4.99 Å². The molecule has 0 atom stereocenters. The normalized spacial score (nSPS) is 11.0. The third-order valence-electron chi connectivity index (χ3n) is 4.68. The van der Waals surface area contributed by atoms with Crippen LogP contribution in [-0.2, 0) is 19.6 Å². The molecule has 1 aromatic heterocycles. The van der Waals surface area contributed by atoms with Gasteiger partial charge in [-0.15, -0.1) is 24.0 Å². The first kappa shape index (κ1) is 23.7. The number of nitrogens with zero attached hydrogens (tertiary/aromatic N) is 3. The summed E-state index contributed by atoms with van der Waals surface area (Å²) in [4.78, 5) is 4.74. The summed E-state index contributed by atoms with van der Waals surface area (Å²) in [5.74, 6) is 1.70. The van der Waals surface area contributed by atoms with Gasteiger partial charge in [-0.05, 0) is 48.2 Å². The Balaban J connectivity index is 0.00000320. The summed E-state index contributed by atoms with van der Waals surface area (Å²) in [5.41, 5.74) is 4.74. The molecule has 0 aliphatic rings. The molecule has 0 radical (unpaired) electrons. The molecule has 1 heterocycles. The number of ether oxygens (including phenoxy) is 1. The van der Waals surface area contributed by atoms with Crippen molar-refractivity contribution in [1.82, 2.24) is 20.4 Å². The standard InChI is InChI=1S/C23H29N5O.HI/c1-4-24-23(25-15-19-10-11-22(29-3)18(2)14-19)26-16-20-8-5-6-9-21(20)17-28-13-7-12-27-28;/h5-14H,4,15-17H2,1-3H3,(H2,24,25,26);1H. The number of aromatic nitrogens is 2. The van der Waals surface area contributed by atoms with Crippen LogP contribution in [0.2, 0.25) is 0 Å². The fourth-order valence-corrected chi connectivity index (χ4v) is 3.18. The van der Waals surface area contributed by atoms with E-state index in [1.165, 1.54) is 11.1 Å². The molecule has 0 amide bonds. The lowest BCUT2D eigenvalue weighted by atomic mass is 10.1. The quantitative estimate of drug-likeness (QED) is 0.267. The highest BCUT2D eigenvalue weighted by Crippen LogP contribution is 2.18. The Morgan fingerprint density at radius 3 is 2.57 bits per heavy atom. The molecule has 0 spiro atoms. The van der Waals surface area contributed by atoms with Crippen LogP contribution in [-0.4, -0.2) is 29.4 Å². The number of halogens is 1. The number of guanidine groups is 1. The molecule has 2 N–H and O–H groups in total. The van der Waals surface area contributed by atoms with Crippen LogP contribution in [0.5, 0.6) is 5.75 Å². The molecular formula is C23H30IN5O. The molecule has 0 saturated heterocycles. The third-order valence-corrected chi connectivity index (χ3v) is 4.68. The molecule has 2 aromatic carbocycles. The molecule has 3 aromatic rings. The summed E-state index contributed by atoms with van der Waals surface area (Å²) in [5, 5.41) is 11.1. The minimum atomic E-state index is 0. The van der Waals surface area contributed by atoms with E-state index in [1.54, 1.807) is 13.3 Å². The Morgan fingerprint density at radius 1 is 1.10 bits per heavy atom. The van der Waals surface area contributed by atoms with E-state index in [4.69, 9.17) is 9.73 Å². The van der Waals surface area contributed by atoms with E-state index in [2.05, 4.69) is 59.1 Å². The van der Waals surface area contributed by atoms with E-state index >= 15 is 0 Å². The van der Waals surface area contributed by atoms with Gasteiger partial charge in [0.05, 0.1) is 20.2 Å². The lowest BCUT2D eigenvalue weighted by molar-refractivity contribution is 0.411. The Labute approximate surface area is 195 Å². The van der Waals surface area contributed by atoms with Crippen molar-refractivity contribution in [3.63, 3.8) is 0 Å². The van der Waals surface area contributed by atoms with Gasteiger partial charge in [-0.1, -0.05) is 36.4 Å². The van der Waals surface area contributed by atoms with Crippen molar-refractivity contribution in [2.75, 3.05) is 13.7 Å².